The lowest BCUT2D eigenvalue weighted by Gasteiger charge is -2.32. The van der Waals surface area contributed by atoms with Gasteiger partial charge in [0.05, 0.1) is 38.4 Å². The summed E-state index contributed by atoms with van der Waals surface area (Å²) < 4.78 is 15.4. The van der Waals surface area contributed by atoms with Gasteiger partial charge in [0, 0.05) is 23.6 Å². The molecule has 10 heteroatoms. The van der Waals surface area contributed by atoms with Gasteiger partial charge in [-0.3, -0.25) is 4.79 Å². The van der Waals surface area contributed by atoms with Crippen molar-refractivity contribution >= 4 is 35.9 Å². The molecule has 0 aliphatic carbocycles. The summed E-state index contributed by atoms with van der Waals surface area (Å²) in [5.41, 5.74) is 4.33. The normalized spacial score (nSPS) is 16.3. The summed E-state index contributed by atoms with van der Waals surface area (Å²) in [7, 11) is 4.30. The summed E-state index contributed by atoms with van der Waals surface area (Å²) in [5.74, 6) is -0.631. The number of anilines is 1. The monoisotopic (exact) mass is 623 g/mol. The second-order valence-corrected chi connectivity index (χ2v) is 10.8. The topological polar surface area (TPSA) is 106 Å². The molecule has 0 spiro atoms. The van der Waals surface area contributed by atoms with E-state index in [9.17, 15) is 14.4 Å². The summed E-state index contributed by atoms with van der Waals surface area (Å²) in [6, 6.07) is 15.5. The van der Waals surface area contributed by atoms with Gasteiger partial charge in [0.25, 0.3) is 0 Å². The van der Waals surface area contributed by atoms with E-state index in [1.54, 1.807) is 45.2 Å². The van der Waals surface area contributed by atoms with E-state index in [0.29, 0.717) is 39.7 Å². The predicted molar refractivity (Wildman–Crippen MR) is 173 cm³/mol. The summed E-state index contributed by atoms with van der Waals surface area (Å²) in [4.78, 5) is 40.7. The maximum atomic E-state index is 12.8. The standard InChI is InChI=1S/C34H41N3O6.ClH/c1-22-30(33(39)42-4)32(31(23(2)35-22)34(40)43-5)26-11-8-12-27(20-26)36-29(38)14-6-7-17-37-18-15-24(16-19-37)25-10-9-13-28(21-25)41-3;/h6,8-14,20-21,24,32,35H,7,15-19H2,1-5H3,(H,36,38);1H/b14-6+;. The minimum atomic E-state index is -0.721. The molecule has 44 heavy (non-hydrogen) atoms. The molecular formula is C34H42ClN3O6. The quantitative estimate of drug-likeness (QED) is 0.265. The summed E-state index contributed by atoms with van der Waals surface area (Å²) >= 11 is 0. The van der Waals surface area contributed by atoms with Gasteiger partial charge < -0.3 is 29.7 Å². The number of nitrogens with one attached hydrogen (secondary N) is 2. The van der Waals surface area contributed by atoms with Gasteiger partial charge in [-0.15, -0.1) is 12.4 Å². The Morgan fingerprint density at radius 2 is 1.52 bits per heavy atom. The van der Waals surface area contributed by atoms with E-state index < -0.39 is 17.9 Å². The first-order valence-corrected chi connectivity index (χ1v) is 14.5. The van der Waals surface area contributed by atoms with E-state index in [1.165, 1.54) is 19.8 Å². The third-order valence-electron chi connectivity index (χ3n) is 8.09. The predicted octanol–water partition coefficient (Wildman–Crippen LogP) is 5.46. The molecule has 236 valence electrons. The van der Waals surface area contributed by atoms with Crippen molar-refractivity contribution in [2.45, 2.75) is 44.9 Å². The highest BCUT2D eigenvalue weighted by Crippen LogP contribution is 2.40. The smallest absolute Gasteiger partial charge is 0.336 e. The third-order valence-corrected chi connectivity index (χ3v) is 8.09. The van der Waals surface area contributed by atoms with Gasteiger partial charge >= 0.3 is 11.9 Å². The molecule has 0 atom stereocenters. The highest BCUT2D eigenvalue weighted by atomic mass is 35.5. The lowest BCUT2D eigenvalue weighted by atomic mass is 9.80. The van der Waals surface area contributed by atoms with E-state index in [2.05, 4.69) is 33.7 Å². The number of carbonyl (C=O) groups excluding carboxylic acids is 3. The lowest BCUT2D eigenvalue weighted by molar-refractivity contribution is -0.137. The van der Waals surface area contributed by atoms with Crippen LogP contribution in [0.3, 0.4) is 0 Å². The number of hydrogen-bond acceptors (Lipinski definition) is 8. The van der Waals surface area contributed by atoms with E-state index in [0.717, 1.165) is 44.6 Å². The number of amides is 1. The Kier molecular flexibility index (Phi) is 12.6. The van der Waals surface area contributed by atoms with Crippen LogP contribution < -0.4 is 15.4 Å². The molecule has 4 rings (SSSR count). The van der Waals surface area contributed by atoms with Gasteiger partial charge in [-0.2, -0.15) is 0 Å². The van der Waals surface area contributed by atoms with E-state index >= 15 is 0 Å². The molecule has 2 N–H and O–H groups in total. The molecule has 1 saturated heterocycles. The lowest BCUT2D eigenvalue weighted by Crippen LogP contribution is -2.33. The number of piperidine rings is 1. The van der Waals surface area contributed by atoms with Gasteiger partial charge in [-0.25, -0.2) is 9.59 Å². The number of carbonyl (C=O) groups is 3. The van der Waals surface area contributed by atoms with Crippen LogP contribution in [0.25, 0.3) is 0 Å². The average Bonchev–Trinajstić information content (AvgIpc) is 3.02. The Bertz CT molecular complexity index is 1400. The molecule has 2 aliphatic rings. The van der Waals surface area contributed by atoms with Crippen molar-refractivity contribution in [2.75, 3.05) is 46.3 Å². The minimum Gasteiger partial charge on any atom is -0.497 e. The summed E-state index contributed by atoms with van der Waals surface area (Å²) in [6.45, 7) is 6.46. The number of likely N-dealkylation sites (tertiary alicyclic amines) is 1. The van der Waals surface area contributed by atoms with E-state index in [4.69, 9.17) is 14.2 Å². The Labute approximate surface area is 265 Å². The van der Waals surface area contributed by atoms with Gasteiger partial charge in [0.15, 0.2) is 0 Å². The number of halogens is 1. The fourth-order valence-corrected chi connectivity index (χ4v) is 5.90. The number of methoxy groups -OCH3 is 3. The Hall–Kier alpha value is -4.08. The van der Waals surface area contributed by atoms with Crippen LogP contribution in [0.4, 0.5) is 5.69 Å². The first-order valence-electron chi connectivity index (χ1n) is 14.5. The number of benzene rings is 2. The number of rotatable bonds is 10. The maximum absolute atomic E-state index is 12.8. The van der Waals surface area contributed by atoms with Crippen molar-refractivity contribution in [3.63, 3.8) is 0 Å². The fraction of sp³-hybridized carbons (Fsp3) is 0.382. The first kappa shape index (κ1) is 34.4. The molecule has 0 saturated carbocycles. The first-order chi connectivity index (χ1) is 20.7. The molecule has 0 aromatic heterocycles. The van der Waals surface area contributed by atoms with Crippen LogP contribution in [0.5, 0.6) is 5.75 Å². The number of allylic oxidation sites excluding steroid dienone is 2. The zero-order chi connectivity index (χ0) is 30.9. The van der Waals surface area contributed by atoms with Crippen LogP contribution in [0.1, 0.15) is 56.1 Å². The largest absolute Gasteiger partial charge is 0.497 e. The van der Waals surface area contributed by atoms with Crippen LogP contribution in [-0.2, 0) is 23.9 Å². The molecule has 0 bridgehead atoms. The zero-order valence-corrected chi connectivity index (χ0v) is 26.8. The number of esters is 2. The van der Waals surface area contributed by atoms with Crippen molar-refractivity contribution < 1.29 is 28.6 Å². The number of hydrogen-bond donors (Lipinski definition) is 2. The third kappa shape index (κ3) is 8.30. The molecule has 1 fully saturated rings. The Morgan fingerprint density at radius 1 is 0.909 bits per heavy atom. The van der Waals surface area contributed by atoms with Crippen molar-refractivity contribution in [1.82, 2.24) is 10.2 Å². The number of ether oxygens (including phenoxy) is 3. The molecule has 2 aliphatic heterocycles. The van der Waals surface area contributed by atoms with Gasteiger partial charge in [-0.1, -0.05) is 30.3 Å². The molecule has 9 nitrogen and oxygen atoms in total. The molecular weight excluding hydrogens is 582 g/mol. The SMILES string of the molecule is COC(=O)C1=C(C)NC(C)=C(C(=O)OC)C1c1cccc(NC(=O)/C=C/CCN2CCC(c3cccc(OC)c3)CC2)c1.Cl. The van der Waals surface area contributed by atoms with Crippen LogP contribution in [0.15, 0.2) is 83.2 Å². The van der Waals surface area contributed by atoms with Gasteiger partial charge in [0.2, 0.25) is 5.91 Å². The van der Waals surface area contributed by atoms with Gasteiger partial charge in [0.1, 0.15) is 5.75 Å². The summed E-state index contributed by atoms with van der Waals surface area (Å²) in [6.07, 6.45) is 6.41. The average molecular weight is 624 g/mol. The van der Waals surface area contributed by atoms with Crippen molar-refractivity contribution in [1.29, 1.82) is 0 Å². The number of nitrogens with zero attached hydrogens (tertiary/aromatic N) is 1. The highest BCUT2D eigenvalue weighted by Gasteiger charge is 2.37. The molecule has 0 radical (unpaired) electrons. The fourth-order valence-electron chi connectivity index (χ4n) is 5.90. The molecule has 2 heterocycles. The second-order valence-electron chi connectivity index (χ2n) is 10.8. The molecule has 0 unspecified atom stereocenters. The van der Waals surface area contributed by atoms with Crippen LogP contribution in [-0.4, -0.2) is 63.7 Å². The zero-order valence-electron chi connectivity index (χ0n) is 26.0. The Balaban J connectivity index is 0.00000529. The molecule has 2 aromatic carbocycles. The van der Waals surface area contributed by atoms with Gasteiger partial charge in [-0.05, 0) is 93.6 Å². The maximum Gasteiger partial charge on any atom is 0.336 e. The minimum absolute atomic E-state index is 0. The van der Waals surface area contributed by atoms with Crippen molar-refractivity contribution in [3.8, 4) is 5.75 Å². The number of dihydropyridines is 1. The van der Waals surface area contributed by atoms with Crippen LogP contribution >= 0.6 is 12.4 Å². The van der Waals surface area contributed by atoms with Crippen molar-refractivity contribution in [2.24, 2.45) is 0 Å². The van der Waals surface area contributed by atoms with E-state index in [-0.39, 0.29) is 18.3 Å². The Morgan fingerprint density at radius 3 is 2.14 bits per heavy atom. The van der Waals surface area contributed by atoms with Crippen molar-refractivity contribution in [3.05, 3.63) is 94.4 Å². The second kappa shape index (κ2) is 16.1. The van der Waals surface area contributed by atoms with Crippen LogP contribution in [0, 0.1) is 0 Å². The molecule has 1 amide bonds. The highest BCUT2D eigenvalue weighted by molar-refractivity contribution is 6.01. The van der Waals surface area contributed by atoms with Crippen LogP contribution in [0.2, 0.25) is 0 Å². The van der Waals surface area contributed by atoms with E-state index in [1.807, 2.05) is 18.2 Å². The molecule has 2 aromatic rings. The summed E-state index contributed by atoms with van der Waals surface area (Å²) in [5, 5.41) is 6.00.